The van der Waals surface area contributed by atoms with Crippen LogP contribution < -0.4 is 0 Å². The molecule has 3 aliphatic heterocycles. The first-order valence-corrected chi connectivity index (χ1v) is 7.16. The van der Waals surface area contributed by atoms with Crippen LogP contribution in [0.25, 0.3) is 0 Å². The molecular formula is C13H24N2O3. The lowest BCUT2D eigenvalue weighted by molar-refractivity contribution is -0.0577. The summed E-state index contributed by atoms with van der Waals surface area (Å²) in [4.78, 5) is 4.96. The standard InChI is InChI=1S/C13H24N2O3/c16-13-2-6-18-10-12(13)15-3-1-11(9-15)14-4-7-17-8-5-14/h11-13,16H,1-10H2. The fourth-order valence-corrected chi connectivity index (χ4v) is 3.37. The highest BCUT2D eigenvalue weighted by atomic mass is 16.5. The maximum atomic E-state index is 10.1. The normalized spacial score (nSPS) is 40.2. The number of nitrogens with zero attached hydrogens (tertiary/aromatic N) is 2. The van der Waals surface area contributed by atoms with Crippen molar-refractivity contribution in [2.45, 2.75) is 31.0 Å². The first kappa shape index (κ1) is 12.8. The highest BCUT2D eigenvalue weighted by Gasteiger charge is 2.36. The second-order valence-electron chi connectivity index (χ2n) is 5.58. The van der Waals surface area contributed by atoms with Crippen LogP contribution in [-0.4, -0.2) is 85.7 Å². The lowest BCUT2D eigenvalue weighted by Crippen LogP contribution is -2.50. The monoisotopic (exact) mass is 256 g/mol. The molecule has 3 fully saturated rings. The summed E-state index contributed by atoms with van der Waals surface area (Å²) in [5.74, 6) is 0. The SMILES string of the molecule is OC1CCOCC1N1CCC(N2CCOCC2)C1. The topological polar surface area (TPSA) is 45.2 Å². The van der Waals surface area contributed by atoms with Crippen molar-refractivity contribution in [3.8, 4) is 0 Å². The van der Waals surface area contributed by atoms with E-state index in [4.69, 9.17) is 9.47 Å². The number of likely N-dealkylation sites (tertiary alicyclic amines) is 1. The molecule has 104 valence electrons. The molecule has 1 N–H and O–H groups in total. The maximum absolute atomic E-state index is 10.1. The molecule has 3 rings (SSSR count). The van der Waals surface area contributed by atoms with Gasteiger partial charge in [-0.15, -0.1) is 0 Å². The molecule has 3 saturated heterocycles. The van der Waals surface area contributed by atoms with Gasteiger partial charge in [0.25, 0.3) is 0 Å². The van der Waals surface area contributed by atoms with E-state index < -0.39 is 0 Å². The Kier molecular flexibility index (Phi) is 4.16. The molecule has 5 heteroatoms. The first-order valence-electron chi connectivity index (χ1n) is 7.16. The third kappa shape index (κ3) is 2.70. The average Bonchev–Trinajstić information content (AvgIpc) is 2.90. The van der Waals surface area contributed by atoms with Crippen molar-refractivity contribution in [2.24, 2.45) is 0 Å². The lowest BCUT2D eigenvalue weighted by atomic mass is 10.1. The molecule has 3 unspecified atom stereocenters. The first-order chi connectivity index (χ1) is 8.84. The minimum absolute atomic E-state index is 0.206. The lowest BCUT2D eigenvalue weighted by Gasteiger charge is -2.36. The number of aliphatic hydroxyl groups excluding tert-OH is 1. The molecule has 0 saturated carbocycles. The van der Waals surface area contributed by atoms with Gasteiger partial charge in [-0.05, 0) is 12.8 Å². The predicted molar refractivity (Wildman–Crippen MR) is 67.6 cm³/mol. The summed E-state index contributed by atoms with van der Waals surface area (Å²) in [5.41, 5.74) is 0. The molecule has 3 atom stereocenters. The van der Waals surface area contributed by atoms with Gasteiger partial charge in [-0.3, -0.25) is 9.80 Å². The average molecular weight is 256 g/mol. The van der Waals surface area contributed by atoms with Gasteiger partial charge in [-0.25, -0.2) is 0 Å². The second-order valence-corrected chi connectivity index (χ2v) is 5.58. The number of rotatable bonds is 2. The Morgan fingerprint density at radius 2 is 1.72 bits per heavy atom. The van der Waals surface area contributed by atoms with Crippen LogP contribution in [0.15, 0.2) is 0 Å². The minimum atomic E-state index is -0.206. The van der Waals surface area contributed by atoms with Gasteiger partial charge >= 0.3 is 0 Å². The minimum Gasteiger partial charge on any atom is -0.391 e. The summed E-state index contributed by atoms with van der Waals surface area (Å²) in [6.45, 7) is 7.41. The predicted octanol–water partition coefficient (Wildman–Crippen LogP) is -0.457. The molecule has 0 bridgehead atoms. The van der Waals surface area contributed by atoms with Crippen LogP contribution in [0.3, 0.4) is 0 Å². The largest absolute Gasteiger partial charge is 0.391 e. The number of hydrogen-bond donors (Lipinski definition) is 1. The van der Waals surface area contributed by atoms with Gasteiger partial charge in [-0.2, -0.15) is 0 Å². The zero-order valence-corrected chi connectivity index (χ0v) is 11.0. The van der Waals surface area contributed by atoms with Crippen LogP contribution in [0.1, 0.15) is 12.8 Å². The molecular weight excluding hydrogens is 232 g/mol. The van der Waals surface area contributed by atoms with Crippen molar-refractivity contribution in [3.05, 3.63) is 0 Å². The molecule has 0 aromatic carbocycles. The zero-order valence-electron chi connectivity index (χ0n) is 11.0. The van der Waals surface area contributed by atoms with Crippen LogP contribution >= 0.6 is 0 Å². The molecule has 3 aliphatic rings. The van der Waals surface area contributed by atoms with E-state index in [-0.39, 0.29) is 12.1 Å². The van der Waals surface area contributed by atoms with Gasteiger partial charge in [0.2, 0.25) is 0 Å². The van der Waals surface area contributed by atoms with Crippen molar-refractivity contribution < 1.29 is 14.6 Å². The number of ether oxygens (including phenoxy) is 2. The van der Waals surface area contributed by atoms with Gasteiger partial charge in [0.15, 0.2) is 0 Å². The summed E-state index contributed by atoms with van der Waals surface area (Å²) in [6, 6.07) is 0.854. The summed E-state index contributed by atoms with van der Waals surface area (Å²) < 4.78 is 10.9. The maximum Gasteiger partial charge on any atom is 0.0739 e. The van der Waals surface area contributed by atoms with Crippen molar-refractivity contribution in [1.82, 2.24) is 9.80 Å². The van der Waals surface area contributed by atoms with E-state index in [9.17, 15) is 5.11 Å². The number of morpholine rings is 1. The highest BCUT2D eigenvalue weighted by molar-refractivity contribution is 4.91. The number of hydrogen-bond acceptors (Lipinski definition) is 5. The van der Waals surface area contributed by atoms with E-state index in [1.54, 1.807) is 0 Å². The number of aliphatic hydroxyl groups is 1. The summed E-state index contributed by atoms with van der Waals surface area (Å²) in [6.07, 6.45) is 1.79. The summed E-state index contributed by atoms with van der Waals surface area (Å²) in [5, 5.41) is 10.1. The molecule has 18 heavy (non-hydrogen) atoms. The van der Waals surface area contributed by atoms with Crippen LogP contribution in [0.4, 0.5) is 0 Å². The molecule has 0 aromatic heterocycles. The smallest absolute Gasteiger partial charge is 0.0739 e. The van der Waals surface area contributed by atoms with Crippen molar-refractivity contribution in [1.29, 1.82) is 0 Å². The molecule has 0 radical (unpaired) electrons. The van der Waals surface area contributed by atoms with Gasteiger partial charge in [0.1, 0.15) is 0 Å². The molecule has 3 heterocycles. The third-order valence-electron chi connectivity index (χ3n) is 4.52. The van der Waals surface area contributed by atoms with Crippen molar-refractivity contribution in [3.63, 3.8) is 0 Å². The zero-order chi connectivity index (χ0) is 12.4. The van der Waals surface area contributed by atoms with Crippen LogP contribution in [0, 0.1) is 0 Å². The Bertz CT molecular complexity index is 271. The summed E-state index contributed by atoms with van der Waals surface area (Å²) in [7, 11) is 0. The van der Waals surface area contributed by atoms with E-state index in [0.717, 1.165) is 45.8 Å². The quantitative estimate of drug-likeness (QED) is 0.724. The Labute approximate surface area is 109 Å². The van der Waals surface area contributed by atoms with Gasteiger partial charge < -0.3 is 14.6 Å². The molecule has 0 aromatic rings. The van der Waals surface area contributed by atoms with E-state index in [1.807, 2.05) is 0 Å². The summed E-state index contributed by atoms with van der Waals surface area (Å²) >= 11 is 0. The van der Waals surface area contributed by atoms with Crippen molar-refractivity contribution >= 4 is 0 Å². The van der Waals surface area contributed by atoms with E-state index in [0.29, 0.717) is 19.3 Å². The Hall–Kier alpha value is -0.200. The van der Waals surface area contributed by atoms with Gasteiger partial charge in [0.05, 0.1) is 32.0 Å². The van der Waals surface area contributed by atoms with Crippen LogP contribution in [0.2, 0.25) is 0 Å². The van der Waals surface area contributed by atoms with Gasteiger partial charge in [-0.1, -0.05) is 0 Å². The van der Waals surface area contributed by atoms with E-state index >= 15 is 0 Å². The van der Waals surface area contributed by atoms with E-state index in [2.05, 4.69) is 9.80 Å². The fraction of sp³-hybridized carbons (Fsp3) is 1.00. The van der Waals surface area contributed by atoms with Gasteiger partial charge in [0, 0.05) is 38.8 Å². The highest BCUT2D eigenvalue weighted by Crippen LogP contribution is 2.23. The molecule has 0 spiro atoms. The Balaban J connectivity index is 1.53. The molecule has 0 aliphatic carbocycles. The van der Waals surface area contributed by atoms with Crippen molar-refractivity contribution in [2.75, 3.05) is 52.6 Å². The second kappa shape index (κ2) is 5.84. The fourth-order valence-electron chi connectivity index (χ4n) is 3.37. The molecule has 0 amide bonds. The van der Waals surface area contributed by atoms with Crippen LogP contribution in [-0.2, 0) is 9.47 Å². The third-order valence-corrected chi connectivity index (χ3v) is 4.52. The van der Waals surface area contributed by atoms with E-state index in [1.165, 1.54) is 6.42 Å². The molecule has 5 nitrogen and oxygen atoms in total. The van der Waals surface area contributed by atoms with Crippen LogP contribution in [0.5, 0.6) is 0 Å². The Morgan fingerprint density at radius 1 is 0.889 bits per heavy atom. The Morgan fingerprint density at radius 3 is 2.50 bits per heavy atom.